The van der Waals surface area contributed by atoms with Crippen LogP contribution in [-0.2, 0) is 20.9 Å². The quantitative estimate of drug-likeness (QED) is 0.100. The van der Waals surface area contributed by atoms with Crippen molar-refractivity contribution in [2.45, 2.75) is 89.3 Å². The van der Waals surface area contributed by atoms with Crippen LogP contribution >= 0.6 is 0 Å². The van der Waals surface area contributed by atoms with Crippen molar-refractivity contribution in [3.05, 3.63) is 102 Å². The number of methoxy groups -OCH3 is 1. The number of alkyl carbamates (subject to hydrolysis) is 1. The number of likely N-dealkylation sites (tertiary alicyclic amines) is 1. The average molecular weight is 781 g/mol. The standard InChI is InChI=1S/C46H52N8O4/c1-26(2)40(53-46(57)58-3)45(56)54-21-5-7-37(54)42-48-24-35(51-42)29-12-8-27(9-13-29)28-10-14-30(15-11-28)36-25-49-43(52-36)38-32-18-19-33(22-32)39(38)44(55)50-23-34-6-4-20-47-41(34)31-16-17-31/h4,6,8-15,20,24-26,31-33,37-40H,5,7,16-19,21-23H2,1-3H3,(H,48,51)(H,49,52)(H,50,55)(H,53,57)/t32?,33?,37-,38?,39?,40-/m0/s1. The number of nitrogens with one attached hydrogen (secondary N) is 4. The largest absolute Gasteiger partial charge is 0.453 e. The third-order valence-electron chi connectivity index (χ3n) is 13.0. The number of hydrogen-bond donors (Lipinski definition) is 4. The molecular weight excluding hydrogens is 729 g/mol. The Morgan fingerprint density at radius 2 is 1.45 bits per heavy atom. The highest BCUT2D eigenvalue weighted by atomic mass is 16.5. The Bertz CT molecular complexity index is 2280. The predicted octanol–water partition coefficient (Wildman–Crippen LogP) is 7.90. The molecule has 0 spiro atoms. The lowest BCUT2D eigenvalue weighted by molar-refractivity contribution is -0.135. The number of fused-ring (bicyclic) bond motifs is 2. The SMILES string of the molecule is COC(=O)N[C@H](C(=O)N1CCC[C@H]1c1ncc(-c2ccc(-c3ccc(-c4cnc(C5C6CCC(C6)C5C(=O)NCc5cccnc5C5CC5)[nH]4)cc3)cc2)[nH]1)C(C)C. The van der Waals surface area contributed by atoms with Gasteiger partial charge in [-0.1, -0.05) is 68.4 Å². The molecule has 4 aliphatic rings. The number of amides is 3. The van der Waals surface area contributed by atoms with Crippen LogP contribution in [0.1, 0.15) is 99.6 Å². The summed E-state index contributed by atoms with van der Waals surface area (Å²) in [4.78, 5) is 62.5. The van der Waals surface area contributed by atoms with E-state index in [1.54, 1.807) is 0 Å². The Hall–Kier alpha value is -5.78. The Morgan fingerprint density at radius 3 is 2.10 bits per heavy atom. The molecule has 12 nitrogen and oxygen atoms in total. The van der Waals surface area contributed by atoms with E-state index in [1.807, 2.05) is 43.4 Å². The Morgan fingerprint density at radius 1 is 0.810 bits per heavy atom. The number of carbonyl (C=O) groups excluding carboxylic acids is 3. The maximum absolute atomic E-state index is 13.8. The van der Waals surface area contributed by atoms with Crippen molar-refractivity contribution in [2.24, 2.45) is 23.7 Å². The zero-order valence-corrected chi connectivity index (χ0v) is 33.4. The van der Waals surface area contributed by atoms with Gasteiger partial charge in [0, 0.05) is 36.8 Å². The number of ether oxygens (including phenoxy) is 1. The number of nitrogens with zero attached hydrogens (tertiary/aromatic N) is 4. The number of hydrogen-bond acceptors (Lipinski definition) is 7. The number of aromatic amines is 2. The van der Waals surface area contributed by atoms with Crippen LogP contribution in [0.4, 0.5) is 4.79 Å². The lowest BCUT2D eigenvalue weighted by Crippen LogP contribution is -2.51. The van der Waals surface area contributed by atoms with Gasteiger partial charge >= 0.3 is 6.09 Å². The zero-order valence-electron chi connectivity index (χ0n) is 33.4. The van der Waals surface area contributed by atoms with Gasteiger partial charge in [-0.25, -0.2) is 14.8 Å². The topological polar surface area (TPSA) is 158 Å². The summed E-state index contributed by atoms with van der Waals surface area (Å²) in [6.07, 6.45) is 12.4. The number of carbonyl (C=O) groups is 3. The van der Waals surface area contributed by atoms with Gasteiger partial charge in [0.05, 0.1) is 42.9 Å². The first-order chi connectivity index (χ1) is 28.2. The smallest absolute Gasteiger partial charge is 0.407 e. The van der Waals surface area contributed by atoms with E-state index < -0.39 is 12.1 Å². The van der Waals surface area contributed by atoms with Crippen molar-refractivity contribution in [3.8, 4) is 33.6 Å². The van der Waals surface area contributed by atoms with E-state index in [9.17, 15) is 14.4 Å². The van der Waals surface area contributed by atoms with Crippen LogP contribution in [0, 0.1) is 23.7 Å². The number of benzene rings is 2. The van der Waals surface area contributed by atoms with Crippen molar-refractivity contribution in [1.29, 1.82) is 0 Å². The number of aromatic nitrogens is 5. The molecule has 3 amide bonds. The highest BCUT2D eigenvalue weighted by Crippen LogP contribution is 2.56. The van der Waals surface area contributed by atoms with Crippen molar-refractivity contribution < 1.29 is 19.1 Å². The summed E-state index contributed by atoms with van der Waals surface area (Å²) in [6.45, 7) is 4.96. The van der Waals surface area contributed by atoms with E-state index in [4.69, 9.17) is 14.7 Å². The van der Waals surface area contributed by atoms with Crippen molar-refractivity contribution >= 4 is 17.9 Å². The second-order valence-electron chi connectivity index (χ2n) is 17.0. The van der Waals surface area contributed by atoms with E-state index in [1.165, 1.54) is 20.0 Å². The molecule has 4 fully saturated rings. The summed E-state index contributed by atoms with van der Waals surface area (Å²) in [5, 5.41) is 6.01. The maximum Gasteiger partial charge on any atom is 0.407 e. The fourth-order valence-electron chi connectivity index (χ4n) is 9.87. The molecule has 9 rings (SSSR count). The number of H-pyrrole nitrogens is 2. The second kappa shape index (κ2) is 15.9. The second-order valence-corrected chi connectivity index (χ2v) is 17.0. The van der Waals surface area contributed by atoms with Gasteiger partial charge in [0.25, 0.3) is 0 Å². The van der Waals surface area contributed by atoms with Gasteiger partial charge in [-0.2, -0.15) is 0 Å². The molecule has 6 atom stereocenters. The molecule has 4 N–H and O–H groups in total. The Balaban J connectivity index is 0.846. The molecule has 3 saturated carbocycles. The van der Waals surface area contributed by atoms with E-state index in [-0.39, 0.29) is 35.6 Å². The highest BCUT2D eigenvalue weighted by molar-refractivity contribution is 5.86. The minimum atomic E-state index is -0.676. The number of imidazole rings is 2. The first-order valence-corrected chi connectivity index (χ1v) is 20.9. The summed E-state index contributed by atoms with van der Waals surface area (Å²) in [6, 6.07) is 20.1. The van der Waals surface area contributed by atoms with Gasteiger partial charge in [-0.3, -0.25) is 14.6 Å². The minimum absolute atomic E-state index is 0.0709. The number of rotatable bonds is 12. The monoisotopic (exact) mass is 780 g/mol. The molecular formula is C46H52N8O4. The first-order valence-electron chi connectivity index (χ1n) is 20.9. The summed E-state index contributed by atoms with van der Waals surface area (Å²) < 4.78 is 4.77. The third-order valence-corrected chi connectivity index (χ3v) is 13.0. The van der Waals surface area contributed by atoms with E-state index >= 15 is 0 Å². The van der Waals surface area contributed by atoms with Crippen LogP contribution in [-0.4, -0.2) is 67.4 Å². The molecule has 300 valence electrons. The molecule has 5 aromatic rings. The van der Waals surface area contributed by atoms with Crippen LogP contribution in [0.2, 0.25) is 0 Å². The molecule has 3 aliphatic carbocycles. The fraction of sp³-hybridized carbons (Fsp3) is 0.435. The highest BCUT2D eigenvalue weighted by Gasteiger charge is 2.52. The van der Waals surface area contributed by atoms with Crippen LogP contribution in [0.3, 0.4) is 0 Å². The van der Waals surface area contributed by atoms with Gasteiger partial charge in [-0.05, 0) is 96.6 Å². The van der Waals surface area contributed by atoms with Crippen molar-refractivity contribution in [3.63, 3.8) is 0 Å². The molecule has 2 aromatic carbocycles. The van der Waals surface area contributed by atoms with Crippen molar-refractivity contribution in [1.82, 2.24) is 40.5 Å². The molecule has 58 heavy (non-hydrogen) atoms. The lowest BCUT2D eigenvalue weighted by atomic mass is 9.78. The van der Waals surface area contributed by atoms with Gasteiger partial charge < -0.3 is 30.2 Å². The zero-order chi connectivity index (χ0) is 39.9. The Labute approximate surface area is 339 Å². The lowest BCUT2D eigenvalue weighted by Gasteiger charge is -2.30. The Kier molecular flexibility index (Phi) is 10.3. The summed E-state index contributed by atoms with van der Waals surface area (Å²) >= 11 is 0. The van der Waals surface area contributed by atoms with Gasteiger partial charge in [0.15, 0.2) is 0 Å². The molecule has 3 aromatic heterocycles. The number of pyridine rings is 1. The molecule has 4 heterocycles. The van der Waals surface area contributed by atoms with Crippen LogP contribution in [0.5, 0.6) is 0 Å². The van der Waals surface area contributed by atoms with Crippen molar-refractivity contribution in [2.75, 3.05) is 13.7 Å². The molecule has 12 heteroatoms. The summed E-state index contributed by atoms with van der Waals surface area (Å²) in [7, 11) is 1.30. The minimum Gasteiger partial charge on any atom is -0.453 e. The normalized spacial score (nSPS) is 23.0. The van der Waals surface area contributed by atoms with Crippen LogP contribution in [0.15, 0.2) is 79.3 Å². The fourth-order valence-corrected chi connectivity index (χ4v) is 9.87. The van der Waals surface area contributed by atoms with Gasteiger partial charge in [-0.15, -0.1) is 0 Å². The van der Waals surface area contributed by atoms with E-state index in [2.05, 4.69) is 80.2 Å². The van der Waals surface area contributed by atoms with Crippen LogP contribution in [0.25, 0.3) is 33.6 Å². The van der Waals surface area contributed by atoms with E-state index in [0.29, 0.717) is 30.8 Å². The molecule has 1 aliphatic heterocycles. The predicted molar refractivity (Wildman–Crippen MR) is 220 cm³/mol. The summed E-state index contributed by atoms with van der Waals surface area (Å²) in [5.41, 5.74) is 8.37. The molecule has 0 radical (unpaired) electrons. The third kappa shape index (κ3) is 7.40. The van der Waals surface area contributed by atoms with Gasteiger partial charge in [0.1, 0.15) is 17.7 Å². The molecule has 4 unspecified atom stereocenters. The van der Waals surface area contributed by atoms with E-state index in [0.717, 1.165) is 88.7 Å². The summed E-state index contributed by atoms with van der Waals surface area (Å²) in [5.74, 6) is 3.02. The van der Waals surface area contributed by atoms with Gasteiger partial charge in [0.2, 0.25) is 11.8 Å². The molecule has 1 saturated heterocycles. The average Bonchev–Trinajstić information content (AvgIpc) is 3.82. The molecule has 2 bridgehead atoms. The first kappa shape index (κ1) is 37.8. The maximum atomic E-state index is 13.8. The van der Waals surface area contributed by atoms with Crippen LogP contribution < -0.4 is 10.6 Å².